The van der Waals surface area contributed by atoms with E-state index in [0.29, 0.717) is 36.3 Å². The lowest BCUT2D eigenvalue weighted by Gasteiger charge is -2.41. The number of ether oxygens (including phenoxy) is 1. The number of amides is 3. The number of rotatable bonds is 5. The number of nitrogens with one attached hydrogen (secondary N) is 1. The summed E-state index contributed by atoms with van der Waals surface area (Å²) in [6.45, 7) is 13.7. The molecule has 39 heavy (non-hydrogen) atoms. The summed E-state index contributed by atoms with van der Waals surface area (Å²) in [5, 5.41) is 3.67. The molecule has 1 N–H and O–H groups in total. The number of piperazine rings is 1. The van der Waals surface area contributed by atoms with Crippen LogP contribution in [0.1, 0.15) is 77.3 Å². The Morgan fingerprint density at radius 1 is 1.00 bits per heavy atom. The van der Waals surface area contributed by atoms with Crippen LogP contribution in [-0.4, -0.2) is 77.0 Å². The first-order chi connectivity index (χ1) is 18.4. The molecular formula is C30H45ClN4O4. The number of halogens is 1. The van der Waals surface area contributed by atoms with E-state index in [1.807, 2.05) is 33.8 Å². The quantitative estimate of drug-likeness (QED) is 0.517. The molecule has 1 saturated carbocycles. The van der Waals surface area contributed by atoms with Crippen LogP contribution in [-0.2, 0) is 20.9 Å². The van der Waals surface area contributed by atoms with Crippen molar-refractivity contribution in [2.24, 2.45) is 11.8 Å². The minimum atomic E-state index is -0.573. The van der Waals surface area contributed by atoms with E-state index in [2.05, 4.69) is 22.0 Å². The predicted molar refractivity (Wildman–Crippen MR) is 154 cm³/mol. The van der Waals surface area contributed by atoms with Gasteiger partial charge in [-0.3, -0.25) is 14.5 Å². The molecule has 2 aliphatic heterocycles. The molecule has 0 bridgehead atoms. The van der Waals surface area contributed by atoms with Gasteiger partial charge >= 0.3 is 6.09 Å². The highest BCUT2D eigenvalue weighted by Crippen LogP contribution is 2.30. The van der Waals surface area contributed by atoms with Crippen molar-refractivity contribution >= 4 is 35.2 Å². The molecule has 1 aliphatic carbocycles. The zero-order valence-corrected chi connectivity index (χ0v) is 25.0. The van der Waals surface area contributed by atoms with E-state index in [9.17, 15) is 14.4 Å². The fraction of sp³-hybridized carbons (Fsp3) is 0.700. The number of hydrogen-bond acceptors (Lipinski definition) is 5. The third kappa shape index (κ3) is 7.66. The van der Waals surface area contributed by atoms with Crippen molar-refractivity contribution in [3.63, 3.8) is 0 Å². The summed E-state index contributed by atoms with van der Waals surface area (Å²) in [7, 11) is 0. The van der Waals surface area contributed by atoms with Gasteiger partial charge in [-0.1, -0.05) is 24.4 Å². The van der Waals surface area contributed by atoms with Gasteiger partial charge in [0.05, 0.1) is 5.92 Å². The van der Waals surface area contributed by atoms with Crippen molar-refractivity contribution in [1.82, 2.24) is 14.7 Å². The molecule has 3 fully saturated rings. The van der Waals surface area contributed by atoms with E-state index in [1.165, 1.54) is 12.8 Å². The van der Waals surface area contributed by atoms with Gasteiger partial charge in [0.1, 0.15) is 5.60 Å². The Labute approximate surface area is 238 Å². The highest BCUT2D eigenvalue weighted by Gasteiger charge is 2.34. The average molecular weight is 561 g/mol. The van der Waals surface area contributed by atoms with Crippen molar-refractivity contribution in [3.05, 3.63) is 28.3 Å². The zero-order chi connectivity index (χ0) is 28.3. The second-order valence-corrected chi connectivity index (χ2v) is 13.0. The molecule has 8 nitrogen and oxygen atoms in total. The van der Waals surface area contributed by atoms with Crippen LogP contribution in [0.2, 0.25) is 5.02 Å². The summed E-state index contributed by atoms with van der Waals surface area (Å²) in [6, 6.07) is 3.94. The minimum Gasteiger partial charge on any atom is -0.444 e. The highest BCUT2D eigenvalue weighted by molar-refractivity contribution is 6.31. The number of benzene rings is 1. The van der Waals surface area contributed by atoms with Gasteiger partial charge in [-0.25, -0.2) is 4.79 Å². The topological polar surface area (TPSA) is 82.2 Å². The molecule has 4 rings (SSSR count). The molecule has 0 aromatic heterocycles. The largest absolute Gasteiger partial charge is 0.444 e. The zero-order valence-electron chi connectivity index (χ0n) is 24.2. The predicted octanol–water partition coefficient (Wildman–Crippen LogP) is 5.46. The molecule has 3 aliphatic rings. The maximum absolute atomic E-state index is 13.3. The van der Waals surface area contributed by atoms with E-state index in [4.69, 9.17) is 16.3 Å². The third-order valence-corrected chi connectivity index (χ3v) is 8.49. The summed E-state index contributed by atoms with van der Waals surface area (Å²) in [6.07, 6.45) is 5.49. The third-order valence-electron chi connectivity index (χ3n) is 8.27. The summed E-state index contributed by atoms with van der Waals surface area (Å²) < 4.78 is 5.51. The first-order valence-electron chi connectivity index (χ1n) is 14.5. The molecule has 1 aromatic carbocycles. The van der Waals surface area contributed by atoms with Crippen molar-refractivity contribution in [3.8, 4) is 0 Å². The van der Waals surface area contributed by atoms with Crippen molar-refractivity contribution < 1.29 is 19.1 Å². The summed E-state index contributed by atoms with van der Waals surface area (Å²) in [5.41, 5.74) is 2.19. The molecule has 0 spiro atoms. The maximum atomic E-state index is 13.3. The van der Waals surface area contributed by atoms with Crippen LogP contribution in [0.25, 0.3) is 0 Å². The maximum Gasteiger partial charge on any atom is 0.410 e. The molecule has 3 amide bonds. The molecule has 2 saturated heterocycles. The Hall–Kier alpha value is -2.32. The SMILES string of the molecule is Cc1c(CN2CCN(C(=O)C3CCCC3)C(C)C2)cc(Cl)cc1NC(=O)C1CCCN(C(=O)OC(C)(C)C)C1. The number of anilines is 1. The molecule has 0 radical (unpaired) electrons. The highest BCUT2D eigenvalue weighted by atomic mass is 35.5. The van der Waals surface area contributed by atoms with Gasteiger partial charge < -0.3 is 19.9 Å². The number of nitrogens with zero attached hydrogens (tertiary/aromatic N) is 3. The van der Waals surface area contributed by atoms with Crippen LogP contribution in [0.15, 0.2) is 12.1 Å². The summed E-state index contributed by atoms with van der Waals surface area (Å²) in [4.78, 5) is 44.9. The lowest BCUT2D eigenvalue weighted by molar-refractivity contribution is -0.140. The monoisotopic (exact) mass is 560 g/mol. The minimum absolute atomic E-state index is 0.104. The number of hydrogen-bond donors (Lipinski definition) is 1. The van der Waals surface area contributed by atoms with E-state index in [0.717, 1.165) is 56.4 Å². The molecule has 2 heterocycles. The average Bonchev–Trinajstić information content (AvgIpc) is 3.41. The van der Waals surface area contributed by atoms with Crippen molar-refractivity contribution in [1.29, 1.82) is 0 Å². The lowest BCUT2D eigenvalue weighted by atomic mass is 9.97. The standard InChI is InChI=1S/C30H45ClN4O4/c1-20-17-33(13-14-35(20)28(37)22-9-6-7-10-22)18-24-15-25(31)16-26(21(24)2)32-27(36)23-11-8-12-34(19-23)29(38)39-30(3,4)5/h15-16,20,22-23H,6-14,17-19H2,1-5H3,(H,32,36). The van der Waals surface area contributed by atoms with Gasteiger partial charge in [-0.2, -0.15) is 0 Å². The van der Waals surface area contributed by atoms with E-state index in [1.54, 1.807) is 11.0 Å². The van der Waals surface area contributed by atoms with Crippen LogP contribution in [0.4, 0.5) is 10.5 Å². The normalized spacial score (nSPS) is 23.1. The first-order valence-corrected chi connectivity index (χ1v) is 14.9. The second-order valence-electron chi connectivity index (χ2n) is 12.6. The van der Waals surface area contributed by atoms with Crippen LogP contribution in [0, 0.1) is 18.8 Å². The molecule has 9 heteroatoms. The van der Waals surface area contributed by atoms with Crippen molar-refractivity contribution in [2.45, 2.75) is 91.3 Å². The molecule has 216 valence electrons. The van der Waals surface area contributed by atoms with E-state index >= 15 is 0 Å². The lowest BCUT2D eigenvalue weighted by Crippen LogP contribution is -2.54. The van der Waals surface area contributed by atoms with Gasteiger partial charge in [0.25, 0.3) is 0 Å². The van der Waals surface area contributed by atoms with Gasteiger partial charge in [0.2, 0.25) is 11.8 Å². The summed E-state index contributed by atoms with van der Waals surface area (Å²) >= 11 is 6.51. The van der Waals surface area contributed by atoms with Gasteiger partial charge in [0, 0.05) is 61.9 Å². The Morgan fingerprint density at radius 3 is 2.36 bits per heavy atom. The summed E-state index contributed by atoms with van der Waals surface area (Å²) in [5.74, 6) is 0.129. The van der Waals surface area contributed by atoms with Gasteiger partial charge in [-0.15, -0.1) is 0 Å². The van der Waals surface area contributed by atoms with Crippen LogP contribution >= 0.6 is 11.6 Å². The fourth-order valence-electron chi connectivity index (χ4n) is 6.10. The van der Waals surface area contributed by atoms with E-state index < -0.39 is 5.60 Å². The van der Waals surface area contributed by atoms with Crippen LogP contribution < -0.4 is 5.32 Å². The smallest absolute Gasteiger partial charge is 0.410 e. The molecule has 1 aromatic rings. The van der Waals surface area contributed by atoms with Crippen LogP contribution in [0.5, 0.6) is 0 Å². The molecular weight excluding hydrogens is 516 g/mol. The number of carbonyl (C=O) groups excluding carboxylic acids is 3. The number of carbonyl (C=O) groups is 3. The number of likely N-dealkylation sites (tertiary alicyclic amines) is 1. The Morgan fingerprint density at radius 2 is 1.69 bits per heavy atom. The Bertz CT molecular complexity index is 1070. The van der Waals surface area contributed by atoms with Gasteiger partial charge in [0.15, 0.2) is 0 Å². The first kappa shape index (κ1) is 29.7. The van der Waals surface area contributed by atoms with Crippen LogP contribution in [0.3, 0.4) is 0 Å². The molecule has 2 atom stereocenters. The Kier molecular flexibility index (Phi) is 9.48. The Balaban J connectivity index is 1.37. The van der Waals surface area contributed by atoms with Crippen molar-refractivity contribution in [2.75, 3.05) is 38.0 Å². The van der Waals surface area contributed by atoms with E-state index in [-0.39, 0.29) is 29.9 Å². The fourth-order valence-corrected chi connectivity index (χ4v) is 6.34. The molecule has 2 unspecified atom stereocenters. The second kappa shape index (κ2) is 12.5. The number of piperidine rings is 1. The van der Waals surface area contributed by atoms with Gasteiger partial charge in [-0.05, 0) is 83.6 Å².